The van der Waals surface area contributed by atoms with Gasteiger partial charge in [-0.2, -0.15) is 0 Å². The highest BCUT2D eigenvalue weighted by molar-refractivity contribution is 9.10. The molecule has 1 atom stereocenters. The SMILES string of the molecule is CC1(N)CCCC12CCN(c1ncc(Br)c3nccn13)CC2. The van der Waals surface area contributed by atoms with Gasteiger partial charge in [0, 0.05) is 37.2 Å². The number of rotatable bonds is 1. The van der Waals surface area contributed by atoms with Gasteiger partial charge in [-0.1, -0.05) is 6.42 Å². The van der Waals surface area contributed by atoms with Gasteiger partial charge in [0.05, 0.1) is 4.47 Å². The fourth-order valence-corrected chi connectivity index (χ4v) is 4.81. The number of hydrogen-bond acceptors (Lipinski definition) is 4. The third-order valence-electron chi connectivity index (χ3n) is 5.93. The predicted molar refractivity (Wildman–Crippen MR) is 91.0 cm³/mol. The highest BCUT2D eigenvalue weighted by Crippen LogP contribution is 2.51. The Balaban J connectivity index is 1.61. The Morgan fingerprint density at radius 1 is 1.18 bits per heavy atom. The lowest BCUT2D eigenvalue weighted by Gasteiger charge is -2.47. The van der Waals surface area contributed by atoms with Crippen LogP contribution in [-0.4, -0.2) is 33.0 Å². The van der Waals surface area contributed by atoms with Gasteiger partial charge in [0.1, 0.15) is 0 Å². The Labute approximate surface area is 139 Å². The van der Waals surface area contributed by atoms with Crippen LogP contribution in [0.3, 0.4) is 0 Å². The Hall–Kier alpha value is -1.14. The van der Waals surface area contributed by atoms with Crippen LogP contribution in [0.15, 0.2) is 23.1 Å². The average molecular weight is 364 g/mol. The standard InChI is InChI=1S/C16H22BrN5/c1-15(18)3-2-4-16(15)5-8-21(9-6-16)14-20-11-12(17)13-19-7-10-22(13)14/h7,10-11H,2-6,8-9,18H2,1H3. The molecule has 2 aromatic rings. The van der Waals surface area contributed by atoms with Crippen molar-refractivity contribution in [2.75, 3.05) is 18.0 Å². The molecule has 4 rings (SSSR count). The Bertz CT molecular complexity index is 700. The molecule has 0 amide bonds. The minimum atomic E-state index is -0.00341. The summed E-state index contributed by atoms with van der Waals surface area (Å²) in [6, 6.07) is 0. The molecule has 0 radical (unpaired) electrons. The number of piperidine rings is 1. The molecule has 2 N–H and O–H groups in total. The van der Waals surface area contributed by atoms with Crippen molar-refractivity contribution < 1.29 is 0 Å². The maximum atomic E-state index is 6.61. The molecule has 22 heavy (non-hydrogen) atoms. The molecular formula is C16H22BrN5. The number of aromatic nitrogens is 3. The lowest BCUT2D eigenvalue weighted by molar-refractivity contribution is 0.130. The van der Waals surface area contributed by atoms with Gasteiger partial charge in [-0.15, -0.1) is 0 Å². The summed E-state index contributed by atoms with van der Waals surface area (Å²) in [5.41, 5.74) is 7.86. The van der Waals surface area contributed by atoms with E-state index in [1.165, 1.54) is 12.8 Å². The van der Waals surface area contributed by atoms with Crippen molar-refractivity contribution in [1.29, 1.82) is 0 Å². The van der Waals surface area contributed by atoms with E-state index in [2.05, 4.69) is 42.1 Å². The first-order chi connectivity index (χ1) is 10.5. The lowest BCUT2D eigenvalue weighted by Crippen LogP contribution is -2.54. The number of anilines is 1. The van der Waals surface area contributed by atoms with Gasteiger partial charge in [0.15, 0.2) is 5.65 Å². The van der Waals surface area contributed by atoms with E-state index in [-0.39, 0.29) is 5.54 Å². The number of halogens is 1. The van der Waals surface area contributed by atoms with Gasteiger partial charge >= 0.3 is 0 Å². The van der Waals surface area contributed by atoms with Crippen LogP contribution in [0.2, 0.25) is 0 Å². The molecule has 1 saturated carbocycles. The molecule has 1 aliphatic carbocycles. The highest BCUT2D eigenvalue weighted by Gasteiger charge is 2.50. The van der Waals surface area contributed by atoms with Gasteiger partial charge in [-0.25, -0.2) is 9.97 Å². The molecule has 118 valence electrons. The minimum absolute atomic E-state index is 0.00341. The summed E-state index contributed by atoms with van der Waals surface area (Å²) in [5.74, 6) is 0.988. The topological polar surface area (TPSA) is 59.5 Å². The molecule has 1 spiro atoms. The van der Waals surface area contributed by atoms with E-state index in [9.17, 15) is 0 Å². The van der Waals surface area contributed by atoms with Gasteiger partial charge in [0.25, 0.3) is 0 Å². The fourth-order valence-electron chi connectivity index (χ4n) is 4.41. The van der Waals surface area contributed by atoms with Crippen LogP contribution in [0.25, 0.3) is 5.65 Å². The van der Waals surface area contributed by atoms with Gasteiger partial charge in [0.2, 0.25) is 5.95 Å². The zero-order chi connectivity index (χ0) is 15.4. The smallest absolute Gasteiger partial charge is 0.211 e. The fraction of sp³-hybridized carbons (Fsp3) is 0.625. The van der Waals surface area contributed by atoms with E-state index >= 15 is 0 Å². The molecule has 0 bridgehead atoms. The second-order valence-electron chi connectivity index (χ2n) is 7.07. The van der Waals surface area contributed by atoms with Crippen LogP contribution >= 0.6 is 15.9 Å². The maximum Gasteiger partial charge on any atom is 0.211 e. The van der Waals surface area contributed by atoms with E-state index in [0.29, 0.717) is 5.41 Å². The van der Waals surface area contributed by atoms with Crippen molar-refractivity contribution in [3.05, 3.63) is 23.1 Å². The molecule has 2 aliphatic rings. The number of imidazole rings is 1. The van der Waals surface area contributed by atoms with Crippen LogP contribution in [0.1, 0.15) is 39.0 Å². The molecule has 1 unspecified atom stereocenters. The van der Waals surface area contributed by atoms with Crippen LogP contribution < -0.4 is 10.6 Å². The average Bonchev–Trinajstić information content (AvgIpc) is 3.08. The summed E-state index contributed by atoms with van der Waals surface area (Å²) < 4.78 is 3.00. The molecule has 6 heteroatoms. The zero-order valence-electron chi connectivity index (χ0n) is 12.9. The molecule has 1 saturated heterocycles. The second kappa shape index (κ2) is 4.93. The summed E-state index contributed by atoms with van der Waals surface area (Å²) in [7, 11) is 0. The van der Waals surface area contributed by atoms with E-state index in [0.717, 1.165) is 48.4 Å². The number of hydrogen-bond donors (Lipinski definition) is 1. The monoisotopic (exact) mass is 363 g/mol. The largest absolute Gasteiger partial charge is 0.342 e. The summed E-state index contributed by atoms with van der Waals surface area (Å²) in [4.78, 5) is 11.4. The van der Waals surface area contributed by atoms with Gasteiger partial charge in [-0.3, -0.25) is 4.40 Å². The number of nitrogens with zero attached hydrogens (tertiary/aromatic N) is 4. The first kappa shape index (κ1) is 14.5. The first-order valence-electron chi connectivity index (χ1n) is 8.04. The van der Waals surface area contributed by atoms with Crippen LogP contribution in [-0.2, 0) is 0 Å². The highest BCUT2D eigenvalue weighted by atomic mass is 79.9. The normalized spacial score (nSPS) is 27.9. The van der Waals surface area contributed by atoms with Gasteiger partial charge in [-0.05, 0) is 54.0 Å². The Morgan fingerprint density at radius 2 is 1.95 bits per heavy atom. The zero-order valence-corrected chi connectivity index (χ0v) is 14.5. The van der Waals surface area contributed by atoms with E-state index < -0.39 is 0 Å². The molecular weight excluding hydrogens is 342 g/mol. The minimum Gasteiger partial charge on any atom is -0.342 e. The van der Waals surface area contributed by atoms with Crippen molar-refractivity contribution in [1.82, 2.24) is 14.4 Å². The van der Waals surface area contributed by atoms with Gasteiger partial charge < -0.3 is 10.6 Å². The summed E-state index contributed by atoms with van der Waals surface area (Å²) in [5, 5.41) is 0. The maximum absolute atomic E-state index is 6.61. The third kappa shape index (κ3) is 2.00. The quantitative estimate of drug-likeness (QED) is 0.845. The van der Waals surface area contributed by atoms with E-state index in [1.54, 1.807) is 0 Å². The second-order valence-corrected chi connectivity index (χ2v) is 7.92. The molecule has 3 heterocycles. The van der Waals surface area contributed by atoms with Crippen molar-refractivity contribution in [2.24, 2.45) is 11.1 Å². The van der Waals surface area contributed by atoms with Crippen molar-refractivity contribution >= 4 is 27.5 Å². The molecule has 2 aromatic heterocycles. The Kier molecular flexibility index (Phi) is 3.24. The first-order valence-corrected chi connectivity index (χ1v) is 8.83. The molecule has 5 nitrogen and oxygen atoms in total. The van der Waals surface area contributed by atoms with Crippen LogP contribution in [0.4, 0.5) is 5.95 Å². The Morgan fingerprint density at radius 3 is 2.64 bits per heavy atom. The van der Waals surface area contributed by atoms with Crippen LogP contribution in [0.5, 0.6) is 0 Å². The molecule has 0 aromatic carbocycles. The van der Waals surface area contributed by atoms with E-state index in [1.807, 2.05) is 18.6 Å². The molecule has 1 aliphatic heterocycles. The number of fused-ring (bicyclic) bond motifs is 1. The van der Waals surface area contributed by atoms with Crippen LogP contribution in [0, 0.1) is 5.41 Å². The lowest BCUT2D eigenvalue weighted by atomic mass is 9.67. The summed E-state index contributed by atoms with van der Waals surface area (Å²) in [6.07, 6.45) is 11.7. The predicted octanol–water partition coefficient (Wildman–Crippen LogP) is 2.98. The molecule has 2 fully saturated rings. The summed E-state index contributed by atoms with van der Waals surface area (Å²) >= 11 is 3.52. The van der Waals surface area contributed by atoms with Crippen molar-refractivity contribution in [3.63, 3.8) is 0 Å². The third-order valence-corrected chi connectivity index (χ3v) is 6.49. The summed E-state index contributed by atoms with van der Waals surface area (Å²) in [6.45, 7) is 4.30. The van der Waals surface area contributed by atoms with Crippen molar-refractivity contribution in [2.45, 2.75) is 44.6 Å². The number of nitrogens with two attached hydrogens (primary N) is 1. The van der Waals surface area contributed by atoms with Crippen molar-refractivity contribution in [3.8, 4) is 0 Å². The van der Waals surface area contributed by atoms with E-state index in [4.69, 9.17) is 5.73 Å².